The first-order chi connectivity index (χ1) is 14.0. The minimum absolute atomic E-state index is 0.00513. The molecule has 2 aromatic heterocycles. The molecule has 0 atom stereocenters. The highest BCUT2D eigenvalue weighted by Crippen LogP contribution is 2.26. The molecule has 0 fully saturated rings. The average Bonchev–Trinajstić information content (AvgIpc) is 2.69. The van der Waals surface area contributed by atoms with Crippen molar-refractivity contribution in [2.75, 3.05) is 6.54 Å². The lowest BCUT2D eigenvalue weighted by Crippen LogP contribution is -2.35. The number of benzene rings is 1. The molecule has 1 aliphatic rings. The van der Waals surface area contributed by atoms with Crippen LogP contribution in [-0.2, 0) is 25.9 Å². The van der Waals surface area contributed by atoms with Gasteiger partial charge in [0.05, 0.1) is 17.0 Å². The maximum absolute atomic E-state index is 12.5. The standard InChI is InChI=1S/C22H22Cl2N4O/c1-2-3-21-26-20-6-7-28(13-18(20)22(29)27-21)12-14-4-5-19(25-11-14)15-8-16(23)10-17(24)9-15/h4-5,8-11H,2-3,6-7,12-13H2,1H3,(H,26,27,29). The van der Waals surface area contributed by atoms with Gasteiger partial charge in [0.25, 0.3) is 5.56 Å². The van der Waals surface area contributed by atoms with Crippen LogP contribution in [0, 0.1) is 0 Å². The van der Waals surface area contributed by atoms with E-state index in [1.807, 2.05) is 24.4 Å². The molecule has 0 spiro atoms. The molecule has 0 saturated heterocycles. The van der Waals surface area contributed by atoms with Crippen molar-refractivity contribution in [3.63, 3.8) is 0 Å². The van der Waals surface area contributed by atoms with Crippen molar-refractivity contribution in [2.24, 2.45) is 0 Å². The average molecular weight is 429 g/mol. The Morgan fingerprint density at radius 3 is 2.66 bits per heavy atom. The summed E-state index contributed by atoms with van der Waals surface area (Å²) in [5.41, 5.74) is 4.54. The molecule has 1 aliphatic heterocycles. The molecular formula is C22H22Cl2N4O. The summed E-state index contributed by atoms with van der Waals surface area (Å²) in [5.74, 6) is 0.797. The van der Waals surface area contributed by atoms with Crippen LogP contribution in [0.2, 0.25) is 10.0 Å². The summed E-state index contributed by atoms with van der Waals surface area (Å²) in [6.07, 6.45) is 4.44. The van der Waals surface area contributed by atoms with Gasteiger partial charge in [-0.3, -0.25) is 14.7 Å². The topological polar surface area (TPSA) is 61.9 Å². The lowest BCUT2D eigenvalue weighted by Gasteiger charge is -2.27. The Balaban J connectivity index is 1.47. The molecule has 150 valence electrons. The quantitative estimate of drug-likeness (QED) is 0.642. The largest absolute Gasteiger partial charge is 0.310 e. The highest BCUT2D eigenvalue weighted by molar-refractivity contribution is 6.35. The van der Waals surface area contributed by atoms with Crippen LogP contribution < -0.4 is 5.56 Å². The van der Waals surface area contributed by atoms with Crippen LogP contribution in [-0.4, -0.2) is 26.4 Å². The molecular weight excluding hydrogens is 407 g/mol. The van der Waals surface area contributed by atoms with E-state index in [2.05, 4.69) is 32.8 Å². The summed E-state index contributed by atoms with van der Waals surface area (Å²) in [6, 6.07) is 9.43. The van der Waals surface area contributed by atoms with E-state index in [4.69, 9.17) is 23.2 Å². The molecule has 0 amide bonds. The fourth-order valence-electron chi connectivity index (χ4n) is 3.67. The summed E-state index contributed by atoms with van der Waals surface area (Å²) in [4.78, 5) is 26.9. The third-order valence-electron chi connectivity index (χ3n) is 5.07. The number of hydrogen-bond acceptors (Lipinski definition) is 4. The number of hydrogen-bond donors (Lipinski definition) is 1. The smallest absolute Gasteiger partial charge is 0.255 e. The van der Waals surface area contributed by atoms with Gasteiger partial charge in [-0.1, -0.05) is 36.2 Å². The van der Waals surface area contributed by atoms with Gasteiger partial charge in [0.1, 0.15) is 5.82 Å². The molecule has 3 aromatic rings. The fraction of sp³-hybridized carbons (Fsp3) is 0.318. The van der Waals surface area contributed by atoms with Crippen LogP contribution in [0.25, 0.3) is 11.3 Å². The van der Waals surface area contributed by atoms with E-state index in [1.165, 1.54) is 0 Å². The van der Waals surface area contributed by atoms with E-state index < -0.39 is 0 Å². The molecule has 5 nitrogen and oxygen atoms in total. The molecule has 0 saturated carbocycles. The van der Waals surface area contributed by atoms with E-state index in [-0.39, 0.29) is 5.56 Å². The van der Waals surface area contributed by atoms with Gasteiger partial charge < -0.3 is 4.98 Å². The Morgan fingerprint density at radius 2 is 1.97 bits per heavy atom. The van der Waals surface area contributed by atoms with E-state index in [1.54, 1.807) is 6.07 Å². The van der Waals surface area contributed by atoms with Gasteiger partial charge in [0, 0.05) is 54.3 Å². The maximum atomic E-state index is 12.5. The molecule has 0 bridgehead atoms. The minimum atomic E-state index is -0.00513. The first kappa shape index (κ1) is 20.1. The summed E-state index contributed by atoms with van der Waals surface area (Å²) in [6.45, 7) is 4.30. The second kappa shape index (κ2) is 8.66. The summed E-state index contributed by atoms with van der Waals surface area (Å²) in [7, 11) is 0. The Labute approximate surface area is 179 Å². The number of nitrogens with one attached hydrogen (secondary N) is 1. The first-order valence-corrected chi connectivity index (χ1v) is 10.5. The predicted molar refractivity (Wildman–Crippen MR) is 116 cm³/mol. The maximum Gasteiger partial charge on any atom is 0.255 e. The minimum Gasteiger partial charge on any atom is -0.310 e. The van der Waals surface area contributed by atoms with E-state index in [0.717, 1.165) is 66.3 Å². The highest BCUT2D eigenvalue weighted by atomic mass is 35.5. The lowest BCUT2D eigenvalue weighted by molar-refractivity contribution is 0.241. The number of aromatic amines is 1. The van der Waals surface area contributed by atoms with E-state index >= 15 is 0 Å². The zero-order valence-electron chi connectivity index (χ0n) is 16.2. The van der Waals surface area contributed by atoms with Crippen molar-refractivity contribution in [1.82, 2.24) is 19.9 Å². The predicted octanol–water partition coefficient (Wildman–Crippen LogP) is 4.65. The number of fused-ring (bicyclic) bond motifs is 1. The monoisotopic (exact) mass is 428 g/mol. The highest BCUT2D eigenvalue weighted by Gasteiger charge is 2.21. The van der Waals surface area contributed by atoms with E-state index in [0.29, 0.717) is 16.6 Å². The van der Waals surface area contributed by atoms with Gasteiger partial charge >= 0.3 is 0 Å². The zero-order chi connectivity index (χ0) is 20.4. The molecule has 1 N–H and O–H groups in total. The fourth-order valence-corrected chi connectivity index (χ4v) is 4.20. The third-order valence-corrected chi connectivity index (χ3v) is 5.51. The SMILES string of the molecule is CCCc1nc2c(c(=O)[nH]1)CN(Cc1ccc(-c3cc(Cl)cc(Cl)c3)nc1)CC2. The van der Waals surface area contributed by atoms with Gasteiger partial charge in [-0.05, 0) is 36.2 Å². The number of aryl methyl sites for hydroxylation is 1. The Morgan fingerprint density at radius 1 is 1.17 bits per heavy atom. The molecule has 4 rings (SSSR count). The van der Waals surface area contributed by atoms with Gasteiger partial charge in [0.2, 0.25) is 0 Å². The molecule has 0 aliphatic carbocycles. The van der Waals surface area contributed by atoms with Gasteiger partial charge in [-0.2, -0.15) is 0 Å². The van der Waals surface area contributed by atoms with Crippen molar-refractivity contribution in [1.29, 1.82) is 0 Å². The Bertz CT molecular complexity index is 1060. The van der Waals surface area contributed by atoms with Crippen molar-refractivity contribution in [3.05, 3.63) is 79.6 Å². The Kier molecular flexibility index (Phi) is 5.99. The molecule has 7 heteroatoms. The van der Waals surface area contributed by atoms with Crippen molar-refractivity contribution in [3.8, 4) is 11.3 Å². The second-order valence-corrected chi connectivity index (χ2v) is 8.23. The van der Waals surface area contributed by atoms with Crippen LogP contribution in [0.4, 0.5) is 0 Å². The number of nitrogens with zero attached hydrogens (tertiary/aromatic N) is 3. The number of rotatable bonds is 5. The molecule has 0 radical (unpaired) electrons. The summed E-state index contributed by atoms with van der Waals surface area (Å²) >= 11 is 12.2. The van der Waals surface area contributed by atoms with Gasteiger partial charge in [-0.15, -0.1) is 0 Å². The van der Waals surface area contributed by atoms with Crippen molar-refractivity contribution < 1.29 is 0 Å². The molecule has 29 heavy (non-hydrogen) atoms. The van der Waals surface area contributed by atoms with Crippen LogP contribution in [0.5, 0.6) is 0 Å². The lowest BCUT2D eigenvalue weighted by atomic mass is 10.1. The number of H-pyrrole nitrogens is 1. The number of aromatic nitrogens is 3. The first-order valence-electron chi connectivity index (χ1n) is 9.76. The van der Waals surface area contributed by atoms with Crippen LogP contribution in [0.1, 0.15) is 36.0 Å². The zero-order valence-corrected chi connectivity index (χ0v) is 17.7. The van der Waals surface area contributed by atoms with Crippen molar-refractivity contribution in [2.45, 2.75) is 39.3 Å². The third kappa shape index (κ3) is 4.69. The summed E-state index contributed by atoms with van der Waals surface area (Å²) < 4.78 is 0. The van der Waals surface area contributed by atoms with Crippen LogP contribution in [0.15, 0.2) is 41.3 Å². The van der Waals surface area contributed by atoms with Crippen molar-refractivity contribution >= 4 is 23.2 Å². The van der Waals surface area contributed by atoms with Gasteiger partial charge in [-0.25, -0.2) is 4.98 Å². The number of halogens is 2. The molecule has 0 unspecified atom stereocenters. The molecule has 1 aromatic carbocycles. The van der Waals surface area contributed by atoms with E-state index in [9.17, 15) is 4.79 Å². The second-order valence-electron chi connectivity index (χ2n) is 7.36. The van der Waals surface area contributed by atoms with Gasteiger partial charge in [0.15, 0.2) is 0 Å². The normalized spacial score (nSPS) is 14.0. The van der Waals surface area contributed by atoms with Crippen LogP contribution >= 0.6 is 23.2 Å². The molecule has 3 heterocycles. The van der Waals surface area contributed by atoms with Crippen LogP contribution in [0.3, 0.4) is 0 Å². The summed E-state index contributed by atoms with van der Waals surface area (Å²) in [5, 5.41) is 1.18. The Hall–Kier alpha value is -2.21. The number of pyridine rings is 1.